The zero-order valence-corrected chi connectivity index (χ0v) is 13.6. The van der Waals surface area contributed by atoms with Crippen LogP contribution in [0.15, 0.2) is 18.2 Å². The molecule has 0 saturated carbocycles. The van der Waals surface area contributed by atoms with E-state index in [1.165, 1.54) is 12.1 Å². The number of esters is 1. The van der Waals surface area contributed by atoms with Gasteiger partial charge in [0.1, 0.15) is 6.54 Å². The third-order valence-electron chi connectivity index (χ3n) is 2.23. The van der Waals surface area contributed by atoms with Crippen LogP contribution in [-0.4, -0.2) is 33.3 Å². The third-order valence-corrected chi connectivity index (χ3v) is 3.95. The van der Waals surface area contributed by atoms with Crippen LogP contribution in [-0.2, 0) is 19.6 Å². The number of hydrogen-bond donors (Lipinski definition) is 0. The first kappa shape index (κ1) is 17.1. The van der Waals surface area contributed by atoms with Gasteiger partial charge in [-0.1, -0.05) is 29.3 Å². The highest BCUT2D eigenvalue weighted by Gasteiger charge is 2.26. The van der Waals surface area contributed by atoms with Gasteiger partial charge < -0.3 is 4.74 Å². The molecule has 0 aromatic heterocycles. The Hall–Kier alpha value is -0.980. The van der Waals surface area contributed by atoms with Crippen molar-refractivity contribution in [3.63, 3.8) is 0 Å². The monoisotopic (exact) mass is 339 g/mol. The molecule has 8 heteroatoms. The van der Waals surface area contributed by atoms with E-state index in [1.54, 1.807) is 19.9 Å². The van der Waals surface area contributed by atoms with Crippen molar-refractivity contribution in [1.82, 2.24) is 0 Å². The van der Waals surface area contributed by atoms with Gasteiger partial charge in [0.25, 0.3) is 0 Å². The molecular weight excluding hydrogens is 325 g/mol. The molecule has 0 amide bonds. The minimum absolute atomic E-state index is 0.0686. The van der Waals surface area contributed by atoms with Gasteiger partial charge in [0.15, 0.2) is 0 Å². The second-order valence-electron chi connectivity index (χ2n) is 4.38. The lowest BCUT2D eigenvalue weighted by atomic mass is 10.3. The van der Waals surface area contributed by atoms with E-state index in [4.69, 9.17) is 27.9 Å². The summed E-state index contributed by atoms with van der Waals surface area (Å²) in [5.74, 6) is -0.679. The molecule has 0 aliphatic heterocycles. The molecule has 1 rings (SSSR count). The van der Waals surface area contributed by atoms with E-state index >= 15 is 0 Å². The fourth-order valence-electron chi connectivity index (χ4n) is 1.51. The lowest BCUT2D eigenvalue weighted by Crippen LogP contribution is -2.36. The number of para-hydroxylation sites is 1. The summed E-state index contributed by atoms with van der Waals surface area (Å²) >= 11 is 12.0. The van der Waals surface area contributed by atoms with E-state index in [9.17, 15) is 13.2 Å². The fourth-order valence-corrected chi connectivity index (χ4v) is 3.08. The van der Waals surface area contributed by atoms with Crippen molar-refractivity contribution in [2.45, 2.75) is 20.0 Å². The number of sulfonamides is 1. The Labute approximate surface area is 128 Å². The quantitative estimate of drug-likeness (QED) is 0.773. The lowest BCUT2D eigenvalue weighted by Gasteiger charge is -2.23. The highest BCUT2D eigenvalue weighted by molar-refractivity contribution is 7.92. The summed E-state index contributed by atoms with van der Waals surface area (Å²) in [6.45, 7) is 2.86. The van der Waals surface area contributed by atoms with Crippen molar-refractivity contribution in [3.05, 3.63) is 28.2 Å². The Morgan fingerprint density at radius 2 is 1.80 bits per heavy atom. The van der Waals surface area contributed by atoms with Gasteiger partial charge in [0.05, 0.1) is 28.1 Å². The minimum Gasteiger partial charge on any atom is -0.462 e. The Morgan fingerprint density at radius 3 is 2.20 bits per heavy atom. The molecule has 0 unspecified atom stereocenters. The van der Waals surface area contributed by atoms with Gasteiger partial charge in [-0.05, 0) is 26.0 Å². The van der Waals surface area contributed by atoms with Crippen molar-refractivity contribution in [2.75, 3.05) is 17.1 Å². The number of benzene rings is 1. The van der Waals surface area contributed by atoms with E-state index in [0.29, 0.717) is 0 Å². The summed E-state index contributed by atoms with van der Waals surface area (Å²) in [5.41, 5.74) is 0.0686. The van der Waals surface area contributed by atoms with Crippen molar-refractivity contribution in [3.8, 4) is 0 Å². The van der Waals surface area contributed by atoms with E-state index in [0.717, 1.165) is 10.6 Å². The van der Waals surface area contributed by atoms with E-state index < -0.39 is 22.5 Å². The number of carbonyl (C=O) groups is 1. The summed E-state index contributed by atoms with van der Waals surface area (Å²) in [4.78, 5) is 11.7. The normalized spacial score (nSPS) is 11.5. The molecule has 0 bridgehead atoms. The maximum Gasteiger partial charge on any atom is 0.327 e. The number of nitrogens with zero attached hydrogens (tertiary/aromatic N) is 1. The Bertz CT molecular complexity index is 581. The van der Waals surface area contributed by atoms with Gasteiger partial charge in [0, 0.05) is 0 Å². The largest absolute Gasteiger partial charge is 0.462 e. The fraction of sp³-hybridized carbons (Fsp3) is 0.417. The molecule has 0 saturated heterocycles. The number of hydrogen-bond acceptors (Lipinski definition) is 4. The Kier molecular flexibility index (Phi) is 5.68. The summed E-state index contributed by atoms with van der Waals surface area (Å²) < 4.78 is 29.5. The summed E-state index contributed by atoms with van der Waals surface area (Å²) in [7, 11) is -3.73. The second-order valence-corrected chi connectivity index (χ2v) is 7.10. The standard InChI is InChI=1S/C12H15Cl2NO4S/c1-8(2)19-11(16)7-15(20(3,17)18)12-9(13)5-4-6-10(12)14/h4-6,8H,7H2,1-3H3. The van der Waals surface area contributed by atoms with Crippen molar-refractivity contribution in [2.24, 2.45) is 0 Å². The number of anilines is 1. The van der Waals surface area contributed by atoms with Crippen LogP contribution in [0, 0.1) is 0 Å². The Morgan fingerprint density at radius 1 is 1.30 bits per heavy atom. The van der Waals surface area contributed by atoms with Crippen LogP contribution in [0.2, 0.25) is 10.0 Å². The highest BCUT2D eigenvalue weighted by Crippen LogP contribution is 2.34. The van der Waals surface area contributed by atoms with Gasteiger partial charge in [-0.15, -0.1) is 0 Å². The van der Waals surface area contributed by atoms with Gasteiger partial charge >= 0.3 is 5.97 Å². The average Bonchev–Trinajstić information content (AvgIpc) is 2.24. The number of carbonyl (C=O) groups excluding carboxylic acids is 1. The van der Waals surface area contributed by atoms with Crippen LogP contribution in [0.25, 0.3) is 0 Å². The van der Waals surface area contributed by atoms with Crippen LogP contribution in [0.3, 0.4) is 0 Å². The predicted molar refractivity (Wildman–Crippen MR) is 79.9 cm³/mol. The zero-order chi connectivity index (χ0) is 15.5. The second kappa shape index (κ2) is 6.65. The first-order valence-electron chi connectivity index (χ1n) is 5.74. The minimum atomic E-state index is -3.73. The predicted octanol–water partition coefficient (Wildman–Crippen LogP) is 2.71. The van der Waals surface area contributed by atoms with Crippen LogP contribution in [0.1, 0.15) is 13.8 Å². The highest BCUT2D eigenvalue weighted by atomic mass is 35.5. The van der Waals surface area contributed by atoms with E-state index in [1.807, 2.05) is 0 Å². The topological polar surface area (TPSA) is 63.7 Å². The van der Waals surface area contributed by atoms with Gasteiger partial charge in [0.2, 0.25) is 10.0 Å². The number of halogens is 2. The van der Waals surface area contributed by atoms with Crippen LogP contribution in [0.5, 0.6) is 0 Å². The molecule has 5 nitrogen and oxygen atoms in total. The lowest BCUT2D eigenvalue weighted by molar-refractivity contribution is -0.145. The number of rotatable bonds is 5. The zero-order valence-electron chi connectivity index (χ0n) is 11.3. The maximum atomic E-state index is 11.9. The van der Waals surface area contributed by atoms with Crippen LogP contribution >= 0.6 is 23.2 Å². The first-order valence-corrected chi connectivity index (χ1v) is 8.34. The molecule has 0 atom stereocenters. The molecule has 0 heterocycles. The average molecular weight is 340 g/mol. The SMILES string of the molecule is CC(C)OC(=O)CN(c1c(Cl)cccc1Cl)S(C)(=O)=O. The molecule has 0 aliphatic rings. The maximum absolute atomic E-state index is 11.9. The summed E-state index contributed by atoms with van der Waals surface area (Å²) in [6, 6.07) is 4.57. The number of ether oxygens (including phenoxy) is 1. The van der Waals surface area contributed by atoms with Crippen molar-refractivity contribution in [1.29, 1.82) is 0 Å². The van der Waals surface area contributed by atoms with Crippen molar-refractivity contribution < 1.29 is 17.9 Å². The molecule has 1 aromatic rings. The summed E-state index contributed by atoms with van der Waals surface area (Å²) in [6.07, 6.45) is 0.626. The van der Waals surface area contributed by atoms with Gasteiger partial charge in [-0.2, -0.15) is 0 Å². The molecule has 0 radical (unpaired) electrons. The molecule has 0 fully saturated rings. The third kappa shape index (κ3) is 4.54. The van der Waals surface area contributed by atoms with E-state index in [-0.39, 0.29) is 21.8 Å². The molecule has 112 valence electrons. The van der Waals surface area contributed by atoms with E-state index in [2.05, 4.69) is 0 Å². The molecule has 20 heavy (non-hydrogen) atoms. The molecule has 0 aliphatic carbocycles. The van der Waals surface area contributed by atoms with Crippen LogP contribution < -0.4 is 4.31 Å². The molecule has 1 aromatic carbocycles. The van der Waals surface area contributed by atoms with Gasteiger partial charge in [-0.25, -0.2) is 8.42 Å². The molecule has 0 spiro atoms. The van der Waals surface area contributed by atoms with Crippen molar-refractivity contribution >= 4 is 44.9 Å². The first-order chi connectivity index (χ1) is 9.12. The van der Waals surface area contributed by atoms with Crippen LogP contribution in [0.4, 0.5) is 5.69 Å². The molecule has 0 N–H and O–H groups in total. The molecular formula is C12H15Cl2NO4S. The summed E-state index contributed by atoms with van der Waals surface area (Å²) in [5, 5.41) is 0.278. The van der Waals surface area contributed by atoms with Gasteiger partial charge in [-0.3, -0.25) is 9.10 Å². The smallest absolute Gasteiger partial charge is 0.327 e. The Balaban J connectivity index is 3.19.